The second-order valence-corrected chi connectivity index (χ2v) is 6.46. The molecule has 0 aliphatic rings. The van der Waals surface area contributed by atoms with Crippen LogP contribution >= 0.6 is 11.3 Å². The van der Waals surface area contributed by atoms with Gasteiger partial charge in [-0.15, -0.1) is 10.2 Å². The molecule has 1 amide bonds. The molecule has 5 heteroatoms. The maximum absolute atomic E-state index is 11.9. The zero-order valence-corrected chi connectivity index (χ0v) is 14.0. The summed E-state index contributed by atoms with van der Waals surface area (Å²) in [5, 5.41) is 12.2. The van der Waals surface area contributed by atoms with Gasteiger partial charge in [0.15, 0.2) is 0 Å². The van der Waals surface area contributed by atoms with Crippen molar-refractivity contribution < 1.29 is 4.79 Å². The van der Waals surface area contributed by atoms with Crippen LogP contribution in [-0.4, -0.2) is 16.1 Å². The third-order valence-electron chi connectivity index (χ3n) is 3.19. The molecule has 2 aromatic rings. The SMILES string of the molecule is CCCc1nnc(NC(=O)/C=C/c2ccc(C(C)C)cc2)s1. The number of carbonyl (C=O) groups excluding carboxylic acids is 1. The second-order valence-electron chi connectivity index (χ2n) is 5.39. The zero-order chi connectivity index (χ0) is 15.9. The number of amides is 1. The van der Waals surface area contributed by atoms with Crippen molar-refractivity contribution in [3.8, 4) is 0 Å². The van der Waals surface area contributed by atoms with E-state index in [2.05, 4.69) is 48.4 Å². The fourth-order valence-corrected chi connectivity index (χ4v) is 2.77. The summed E-state index contributed by atoms with van der Waals surface area (Å²) in [6, 6.07) is 8.21. The molecule has 0 saturated heterocycles. The molecule has 1 heterocycles. The van der Waals surface area contributed by atoms with Crippen LogP contribution in [0.3, 0.4) is 0 Å². The number of anilines is 1. The highest BCUT2D eigenvalue weighted by atomic mass is 32.1. The molecule has 0 fully saturated rings. The van der Waals surface area contributed by atoms with Crippen molar-refractivity contribution in [1.82, 2.24) is 10.2 Å². The molecule has 0 saturated carbocycles. The molecule has 0 aliphatic heterocycles. The van der Waals surface area contributed by atoms with E-state index in [9.17, 15) is 4.79 Å². The number of nitrogens with one attached hydrogen (secondary N) is 1. The first-order valence-electron chi connectivity index (χ1n) is 7.50. The number of hydrogen-bond acceptors (Lipinski definition) is 4. The number of nitrogens with zero attached hydrogens (tertiary/aromatic N) is 2. The van der Waals surface area contributed by atoms with E-state index in [1.807, 2.05) is 12.1 Å². The number of carbonyl (C=O) groups is 1. The van der Waals surface area contributed by atoms with Crippen molar-refractivity contribution in [2.45, 2.75) is 39.5 Å². The molecular weight excluding hydrogens is 294 g/mol. The molecule has 0 aliphatic carbocycles. The van der Waals surface area contributed by atoms with Gasteiger partial charge >= 0.3 is 0 Å². The Balaban J connectivity index is 1.92. The molecule has 0 atom stereocenters. The van der Waals surface area contributed by atoms with Crippen LogP contribution < -0.4 is 5.32 Å². The summed E-state index contributed by atoms with van der Waals surface area (Å²) in [5.74, 6) is 0.322. The molecule has 0 radical (unpaired) electrons. The van der Waals surface area contributed by atoms with Crippen LogP contribution in [0, 0.1) is 0 Å². The maximum atomic E-state index is 11.9. The van der Waals surface area contributed by atoms with Crippen molar-refractivity contribution in [3.05, 3.63) is 46.5 Å². The third kappa shape index (κ3) is 4.77. The van der Waals surface area contributed by atoms with Gasteiger partial charge < -0.3 is 0 Å². The van der Waals surface area contributed by atoms with Crippen LogP contribution in [0.2, 0.25) is 0 Å². The van der Waals surface area contributed by atoms with E-state index in [0.717, 1.165) is 23.4 Å². The number of rotatable bonds is 6. The Kier molecular flexibility index (Phi) is 5.83. The van der Waals surface area contributed by atoms with Crippen molar-refractivity contribution in [2.75, 3.05) is 5.32 Å². The fourth-order valence-electron chi connectivity index (χ4n) is 1.93. The molecule has 22 heavy (non-hydrogen) atoms. The van der Waals surface area contributed by atoms with Crippen molar-refractivity contribution in [1.29, 1.82) is 0 Å². The fraction of sp³-hybridized carbons (Fsp3) is 0.353. The van der Waals surface area contributed by atoms with Gasteiger partial charge in [0.1, 0.15) is 5.01 Å². The highest BCUT2D eigenvalue weighted by molar-refractivity contribution is 7.15. The third-order valence-corrected chi connectivity index (χ3v) is 4.09. The van der Waals surface area contributed by atoms with Gasteiger partial charge in [0, 0.05) is 12.5 Å². The lowest BCUT2D eigenvalue weighted by Gasteiger charge is -2.04. The van der Waals surface area contributed by atoms with E-state index in [0.29, 0.717) is 11.0 Å². The molecule has 1 aromatic heterocycles. The number of benzene rings is 1. The predicted octanol–water partition coefficient (Wildman–Crippen LogP) is 4.27. The second kappa shape index (κ2) is 7.84. The van der Waals surface area contributed by atoms with Crippen LogP contribution in [-0.2, 0) is 11.2 Å². The molecule has 0 unspecified atom stereocenters. The lowest BCUT2D eigenvalue weighted by atomic mass is 10.0. The van der Waals surface area contributed by atoms with E-state index in [4.69, 9.17) is 0 Å². The maximum Gasteiger partial charge on any atom is 0.250 e. The zero-order valence-electron chi connectivity index (χ0n) is 13.2. The predicted molar refractivity (Wildman–Crippen MR) is 92.1 cm³/mol. The number of aromatic nitrogens is 2. The van der Waals surface area contributed by atoms with Gasteiger partial charge in [-0.3, -0.25) is 10.1 Å². The Bertz CT molecular complexity index is 644. The van der Waals surface area contributed by atoms with Gasteiger partial charge in [0.25, 0.3) is 0 Å². The van der Waals surface area contributed by atoms with Gasteiger partial charge in [0.2, 0.25) is 11.0 Å². The number of aryl methyl sites for hydroxylation is 1. The van der Waals surface area contributed by atoms with E-state index < -0.39 is 0 Å². The Morgan fingerprint density at radius 2 is 2.00 bits per heavy atom. The van der Waals surface area contributed by atoms with Gasteiger partial charge in [-0.05, 0) is 29.5 Å². The highest BCUT2D eigenvalue weighted by Gasteiger charge is 2.05. The lowest BCUT2D eigenvalue weighted by molar-refractivity contribution is -0.111. The molecule has 1 N–H and O–H groups in total. The summed E-state index contributed by atoms with van der Waals surface area (Å²) in [7, 11) is 0. The van der Waals surface area contributed by atoms with Crippen molar-refractivity contribution in [3.63, 3.8) is 0 Å². The Labute approximate surface area is 135 Å². The first-order chi connectivity index (χ1) is 10.6. The van der Waals surface area contributed by atoms with E-state index in [1.54, 1.807) is 6.08 Å². The molecular formula is C17H21N3OS. The summed E-state index contributed by atoms with van der Waals surface area (Å²) < 4.78 is 0. The quantitative estimate of drug-likeness (QED) is 0.810. The summed E-state index contributed by atoms with van der Waals surface area (Å²) in [6.07, 6.45) is 5.24. The average molecular weight is 315 g/mol. The average Bonchev–Trinajstić information content (AvgIpc) is 2.93. The molecule has 0 bridgehead atoms. The van der Waals surface area contributed by atoms with Crippen LogP contribution in [0.4, 0.5) is 5.13 Å². The van der Waals surface area contributed by atoms with Gasteiger partial charge in [-0.1, -0.05) is 56.4 Å². The van der Waals surface area contributed by atoms with E-state index >= 15 is 0 Å². The monoisotopic (exact) mass is 315 g/mol. The highest BCUT2D eigenvalue weighted by Crippen LogP contribution is 2.17. The van der Waals surface area contributed by atoms with Crippen LogP contribution in [0.1, 0.15) is 49.2 Å². The minimum absolute atomic E-state index is 0.188. The molecule has 116 valence electrons. The summed E-state index contributed by atoms with van der Waals surface area (Å²) in [5.41, 5.74) is 2.29. The number of hydrogen-bond donors (Lipinski definition) is 1. The van der Waals surface area contributed by atoms with E-state index in [1.165, 1.54) is 23.0 Å². The van der Waals surface area contributed by atoms with Gasteiger partial charge in [0.05, 0.1) is 0 Å². The minimum atomic E-state index is -0.188. The molecule has 2 rings (SSSR count). The van der Waals surface area contributed by atoms with Crippen LogP contribution in [0.5, 0.6) is 0 Å². The standard InChI is InChI=1S/C17H21N3OS/c1-4-5-16-19-20-17(22-16)18-15(21)11-8-13-6-9-14(10-7-13)12(2)3/h6-12H,4-5H2,1-3H3,(H,18,20,21)/b11-8+. The van der Waals surface area contributed by atoms with Crippen molar-refractivity contribution >= 4 is 28.5 Å². The van der Waals surface area contributed by atoms with Crippen LogP contribution in [0.15, 0.2) is 30.3 Å². The Hall–Kier alpha value is -2.01. The first kappa shape index (κ1) is 16.4. The van der Waals surface area contributed by atoms with E-state index in [-0.39, 0.29) is 5.91 Å². The largest absolute Gasteiger partial charge is 0.297 e. The smallest absolute Gasteiger partial charge is 0.250 e. The first-order valence-corrected chi connectivity index (χ1v) is 8.31. The minimum Gasteiger partial charge on any atom is -0.297 e. The summed E-state index contributed by atoms with van der Waals surface area (Å²) >= 11 is 1.42. The Morgan fingerprint density at radius 3 is 2.64 bits per heavy atom. The Morgan fingerprint density at radius 1 is 1.27 bits per heavy atom. The molecule has 0 spiro atoms. The summed E-state index contributed by atoms with van der Waals surface area (Å²) in [4.78, 5) is 11.9. The van der Waals surface area contributed by atoms with Crippen LogP contribution in [0.25, 0.3) is 6.08 Å². The van der Waals surface area contributed by atoms with Gasteiger partial charge in [-0.25, -0.2) is 0 Å². The van der Waals surface area contributed by atoms with Crippen molar-refractivity contribution in [2.24, 2.45) is 0 Å². The molecule has 4 nitrogen and oxygen atoms in total. The summed E-state index contributed by atoms with van der Waals surface area (Å²) in [6.45, 7) is 6.41. The lowest BCUT2D eigenvalue weighted by Crippen LogP contribution is -2.07. The topological polar surface area (TPSA) is 54.9 Å². The molecule has 1 aromatic carbocycles. The normalized spacial score (nSPS) is 11.3. The van der Waals surface area contributed by atoms with Gasteiger partial charge in [-0.2, -0.15) is 0 Å².